The standard InChI is InChI=1S/C61H52BN3OS/c1-37-32-52-57-53(33-37)64(50-21-15-18-43-42-17-8-12-23-56(42)67-58(43)50)51-36-40(65-48-20-10-9-19-45(48)60(5)30-13-14-31-61(60,65)6)25-27-46(51)62(57)47-34-38(59(2,3)4)24-28-49(47)63(52)39-26-29-55-44(35-39)41-16-7-11-22-54(41)66-55/h7-12,15-29,32-36H,13-14,30-31H2,1-6H3. The van der Waals surface area contributed by atoms with Crippen molar-refractivity contribution in [2.75, 3.05) is 14.7 Å². The number of thiophene rings is 1. The molecule has 4 nitrogen and oxygen atoms in total. The number of aryl methyl sites for hydroxylation is 1. The van der Waals surface area contributed by atoms with Gasteiger partial charge < -0.3 is 19.1 Å². The molecule has 0 N–H and O–H groups in total. The van der Waals surface area contributed by atoms with Gasteiger partial charge >= 0.3 is 0 Å². The number of rotatable bonds is 3. The Hall–Kier alpha value is -6.76. The van der Waals surface area contributed by atoms with E-state index in [1.807, 2.05) is 11.3 Å². The summed E-state index contributed by atoms with van der Waals surface area (Å²) < 4.78 is 9.03. The number of hydrogen-bond acceptors (Lipinski definition) is 5. The highest BCUT2D eigenvalue weighted by Gasteiger charge is 2.58. The normalized spacial score (nSPS) is 19.6. The number of para-hydroxylation sites is 2. The third-order valence-corrected chi connectivity index (χ3v) is 17.8. The van der Waals surface area contributed by atoms with E-state index < -0.39 is 0 Å². The van der Waals surface area contributed by atoms with Crippen LogP contribution in [-0.4, -0.2) is 12.3 Å². The molecule has 2 atom stereocenters. The summed E-state index contributed by atoms with van der Waals surface area (Å²) in [6, 6.07) is 60.2. The third kappa shape index (κ3) is 5.31. The Bertz CT molecular complexity index is 3750. The van der Waals surface area contributed by atoms with E-state index in [1.54, 1.807) is 0 Å². The number of anilines is 8. The van der Waals surface area contributed by atoms with Gasteiger partial charge in [0.2, 0.25) is 0 Å². The minimum absolute atomic E-state index is 0.000875. The van der Waals surface area contributed by atoms with Crippen LogP contribution in [0.3, 0.4) is 0 Å². The number of hydrogen-bond donors (Lipinski definition) is 0. The monoisotopic (exact) mass is 885 g/mol. The van der Waals surface area contributed by atoms with Crippen LogP contribution in [0.1, 0.15) is 77.0 Å². The summed E-state index contributed by atoms with van der Waals surface area (Å²) >= 11 is 1.92. The summed E-state index contributed by atoms with van der Waals surface area (Å²) in [5, 5.41) is 4.89. The number of fused-ring (bicyclic) bond motifs is 13. The molecule has 10 aromatic rings. The Balaban J connectivity index is 1.07. The first-order chi connectivity index (χ1) is 32.5. The van der Waals surface area contributed by atoms with Crippen molar-refractivity contribution in [3.8, 4) is 0 Å². The summed E-state index contributed by atoms with van der Waals surface area (Å²) in [6.07, 6.45) is 4.87. The summed E-state index contributed by atoms with van der Waals surface area (Å²) in [7, 11) is 0. The van der Waals surface area contributed by atoms with E-state index in [-0.39, 0.29) is 23.1 Å². The molecule has 8 aromatic carbocycles. The van der Waals surface area contributed by atoms with Crippen molar-refractivity contribution in [3.05, 3.63) is 174 Å². The molecule has 326 valence electrons. The Morgan fingerprint density at radius 1 is 0.552 bits per heavy atom. The van der Waals surface area contributed by atoms with Gasteiger partial charge in [0, 0.05) is 71.5 Å². The second-order valence-corrected chi connectivity index (χ2v) is 22.3. The molecular formula is C61H52BN3OS. The van der Waals surface area contributed by atoms with Gasteiger partial charge in [-0.2, -0.15) is 0 Å². The average Bonchev–Trinajstić information content (AvgIpc) is 3.97. The lowest BCUT2D eigenvalue weighted by Gasteiger charge is -2.50. The second-order valence-electron chi connectivity index (χ2n) is 21.3. The number of nitrogens with zero attached hydrogens (tertiary/aromatic N) is 3. The molecule has 0 spiro atoms. The van der Waals surface area contributed by atoms with Crippen molar-refractivity contribution in [1.29, 1.82) is 0 Å². The van der Waals surface area contributed by atoms with Gasteiger partial charge in [0.15, 0.2) is 0 Å². The zero-order valence-corrected chi connectivity index (χ0v) is 39.9. The molecule has 1 fully saturated rings. The van der Waals surface area contributed by atoms with E-state index in [0.29, 0.717) is 0 Å². The lowest BCUT2D eigenvalue weighted by atomic mass is 9.33. The van der Waals surface area contributed by atoms with E-state index in [9.17, 15) is 0 Å². The van der Waals surface area contributed by atoms with Crippen LogP contribution in [0.4, 0.5) is 45.5 Å². The molecule has 6 heteroatoms. The summed E-state index contributed by atoms with van der Waals surface area (Å²) in [5.41, 5.74) is 19.8. The second kappa shape index (κ2) is 13.7. The van der Waals surface area contributed by atoms with Crippen molar-refractivity contribution in [2.45, 2.75) is 83.6 Å². The fourth-order valence-corrected chi connectivity index (χ4v) is 14.3. The van der Waals surface area contributed by atoms with E-state index in [4.69, 9.17) is 4.42 Å². The number of benzene rings is 8. The van der Waals surface area contributed by atoms with Crippen LogP contribution < -0.4 is 31.1 Å². The molecule has 0 amide bonds. The van der Waals surface area contributed by atoms with Crippen molar-refractivity contribution >= 4 is 122 Å². The fourth-order valence-electron chi connectivity index (χ4n) is 13.1. The Morgan fingerprint density at radius 2 is 1.27 bits per heavy atom. The summed E-state index contributed by atoms with van der Waals surface area (Å²) in [4.78, 5) is 7.96. The predicted octanol–water partition coefficient (Wildman–Crippen LogP) is 15.4. The predicted molar refractivity (Wildman–Crippen MR) is 287 cm³/mol. The Labute approximate surface area is 397 Å². The molecule has 2 unspecified atom stereocenters. The SMILES string of the molecule is Cc1cc2c3c(c1)N(c1cccc4c1sc1ccccc14)c1cc(N4c5ccccc5C5(C)CCCCC45C)ccc1B3c1cc(C(C)(C)C)ccc1N2c1ccc2oc3ccccc3c2c1. The van der Waals surface area contributed by atoms with E-state index in [0.717, 1.165) is 34.0 Å². The summed E-state index contributed by atoms with van der Waals surface area (Å²) in [5.74, 6) is 0. The molecule has 5 heterocycles. The van der Waals surface area contributed by atoms with Gasteiger partial charge in [-0.3, -0.25) is 0 Å². The van der Waals surface area contributed by atoms with E-state index in [2.05, 4.69) is 214 Å². The Morgan fingerprint density at radius 3 is 2.13 bits per heavy atom. The molecule has 0 saturated heterocycles. The van der Waals surface area contributed by atoms with Crippen LogP contribution in [0, 0.1) is 6.92 Å². The van der Waals surface area contributed by atoms with Crippen molar-refractivity contribution in [3.63, 3.8) is 0 Å². The molecule has 1 saturated carbocycles. The van der Waals surface area contributed by atoms with Gasteiger partial charge in [0.25, 0.3) is 6.71 Å². The maximum absolute atomic E-state index is 6.41. The van der Waals surface area contributed by atoms with Gasteiger partial charge in [-0.15, -0.1) is 11.3 Å². The van der Waals surface area contributed by atoms with Gasteiger partial charge in [0.05, 0.1) is 15.9 Å². The lowest BCUT2D eigenvalue weighted by molar-refractivity contribution is 0.195. The molecule has 67 heavy (non-hydrogen) atoms. The Kier molecular flexibility index (Phi) is 8.04. The molecule has 14 rings (SSSR count). The van der Waals surface area contributed by atoms with E-state index >= 15 is 0 Å². The molecule has 2 aromatic heterocycles. The molecule has 1 aliphatic carbocycles. The molecule has 0 radical (unpaired) electrons. The van der Waals surface area contributed by atoms with Crippen LogP contribution >= 0.6 is 11.3 Å². The zero-order valence-electron chi connectivity index (χ0n) is 39.1. The minimum Gasteiger partial charge on any atom is -0.456 e. The van der Waals surface area contributed by atoms with Gasteiger partial charge in [0.1, 0.15) is 11.2 Å². The smallest absolute Gasteiger partial charge is 0.252 e. The number of furan rings is 1. The van der Waals surface area contributed by atoms with Crippen LogP contribution in [0.15, 0.2) is 162 Å². The van der Waals surface area contributed by atoms with Gasteiger partial charge in [-0.1, -0.05) is 125 Å². The van der Waals surface area contributed by atoms with Crippen molar-refractivity contribution in [2.24, 2.45) is 0 Å². The van der Waals surface area contributed by atoms with Gasteiger partial charge in [-0.25, -0.2) is 0 Å². The topological polar surface area (TPSA) is 22.9 Å². The quantitative estimate of drug-likeness (QED) is 0.165. The molecule has 4 aliphatic rings. The fraction of sp³-hybridized carbons (Fsp3) is 0.213. The average molecular weight is 886 g/mol. The first-order valence-corrected chi connectivity index (χ1v) is 25.1. The van der Waals surface area contributed by atoms with Crippen molar-refractivity contribution in [1.82, 2.24) is 0 Å². The zero-order chi connectivity index (χ0) is 45.1. The minimum atomic E-state index is -0.0587. The molecular weight excluding hydrogens is 834 g/mol. The largest absolute Gasteiger partial charge is 0.456 e. The summed E-state index contributed by atoms with van der Waals surface area (Å²) in [6.45, 7) is 14.4. The highest BCUT2D eigenvalue weighted by molar-refractivity contribution is 7.26. The maximum atomic E-state index is 6.41. The van der Waals surface area contributed by atoms with Crippen LogP contribution in [0.2, 0.25) is 0 Å². The van der Waals surface area contributed by atoms with Crippen LogP contribution in [0.5, 0.6) is 0 Å². The molecule has 3 aliphatic heterocycles. The lowest BCUT2D eigenvalue weighted by Crippen LogP contribution is -2.61. The van der Waals surface area contributed by atoms with Crippen LogP contribution in [-0.2, 0) is 10.8 Å². The third-order valence-electron chi connectivity index (χ3n) is 16.6. The first kappa shape index (κ1) is 39.4. The van der Waals surface area contributed by atoms with E-state index in [1.165, 1.54) is 112 Å². The molecule has 0 bridgehead atoms. The first-order valence-electron chi connectivity index (χ1n) is 24.2. The van der Waals surface area contributed by atoms with Gasteiger partial charge in [-0.05, 0) is 138 Å². The van der Waals surface area contributed by atoms with Crippen molar-refractivity contribution < 1.29 is 4.42 Å². The maximum Gasteiger partial charge on any atom is 0.252 e. The van der Waals surface area contributed by atoms with Crippen LogP contribution in [0.25, 0.3) is 42.1 Å². The highest BCUT2D eigenvalue weighted by Crippen LogP contribution is 2.61. The highest BCUT2D eigenvalue weighted by atomic mass is 32.1.